The van der Waals surface area contributed by atoms with Gasteiger partial charge in [-0.05, 0) is 18.9 Å². The van der Waals surface area contributed by atoms with E-state index in [9.17, 15) is 8.42 Å². The van der Waals surface area contributed by atoms with Crippen molar-refractivity contribution in [2.24, 2.45) is 0 Å². The smallest absolute Gasteiger partial charge is 0.211 e. The molecular formula is C14H24N4O2S. The predicted molar refractivity (Wildman–Crippen MR) is 84.0 cm³/mol. The van der Waals surface area contributed by atoms with E-state index in [1.165, 1.54) is 6.26 Å². The van der Waals surface area contributed by atoms with Gasteiger partial charge in [0, 0.05) is 38.3 Å². The Bertz CT molecular complexity index is 580. The van der Waals surface area contributed by atoms with Gasteiger partial charge in [-0.3, -0.25) is 0 Å². The number of sulfonamides is 1. The molecule has 0 spiro atoms. The van der Waals surface area contributed by atoms with Gasteiger partial charge in [-0.1, -0.05) is 13.8 Å². The Morgan fingerprint density at radius 1 is 1.33 bits per heavy atom. The van der Waals surface area contributed by atoms with Gasteiger partial charge >= 0.3 is 0 Å². The number of hydrogen-bond acceptors (Lipinski definition) is 5. The molecule has 1 aromatic rings. The first-order valence-corrected chi connectivity index (χ1v) is 9.14. The van der Waals surface area contributed by atoms with E-state index in [1.807, 2.05) is 13.1 Å². The molecule has 0 bridgehead atoms. The van der Waals surface area contributed by atoms with Gasteiger partial charge in [-0.25, -0.2) is 22.7 Å². The van der Waals surface area contributed by atoms with Crippen LogP contribution in [-0.2, 0) is 10.0 Å². The third-order valence-electron chi connectivity index (χ3n) is 3.98. The molecule has 0 aromatic carbocycles. The molecule has 1 aromatic heterocycles. The first kappa shape index (κ1) is 16.2. The van der Waals surface area contributed by atoms with Crippen LogP contribution in [0.25, 0.3) is 0 Å². The van der Waals surface area contributed by atoms with Gasteiger partial charge in [0.15, 0.2) is 0 Å². The first-order valence-electron chi connectivity index (χ1n) is 7.30. The Balaban J connectivity index is 2.05. The average Bonchev–Trinajstić information content (AvgIpc) is 2.46. The Kier molecular flexibility index (Phi) is 4.83. The lowest BCUT2D eigenvalue weighted by Gasteiger charge is -2.36. The highest BCUT2D eigenvalue weighted by molar-refractivity contribution is 7.88. The summed E-state index contributed by atoms with van der Waals surface area (Å²) in [6.45, 7) is 5.30. The highest BCUT2D eigenvalue weighted by Gasteiger charge is 2.27. The maximum Gasteiger partial charge on any atom is 0.211 e. The summed E-state index contributed by atoms with van der Waals surface area (Å²) < 4.78 is 24.6. The second kappa shape index (κ2) is 6.27. The summed E-state index contributed by atoms with van der Waals surface area (Å²) in [4.78, 5) is 11.0. The van der Waals surface area contributed by atoms with E-state index in [1.54, 1.807) is 10.5 Å². The normalized spacial score (nSPS) is 18.1. The van der Waals surface area contributed by atoms with Crippen LogP contribution in [0, 0.1) is 0 Å². The van der Waals surface area contributed by atoms with Crippen molar-refractivity contribution in [2.75, 3.05) is 31.3 Å². The van der Waals surface area contributed by atoms with E-state index >= 15 is 0 Å². The maximum atomic E-state index is 11.5. The van der Waals surface area contributed by atoms with E-state index in [2.05, 4.69) is 28.7 Å². The molecule has 0 N–H and O–H groups in total. The first-order chi connectivity index (χ1) is 9.79. The molecule has 2 rings (SSSR count). The molecular weight excluding hydrogens is 288 g/mol. The van der Waals surface area contributed by atoms with Crippen molar-refractivity contribution < 1.29 is 8.42 Å². The highest BCUT2D eigenvalue weighted by atomic mass is 32.2. The standard InChI is InChI=1S/C14H24N4O2S/c1-11(2)14-15-8-5-13(16-14)17(3)12-6-9-18(10-7-12)21(4,19)20/h5,8,11-12H,6-7,9-10H2,1-4H3. The third-order valence-corrected chi connectivity index (χ3v) is 5.28. The number of piperidine rings is 1. The van der Waals surface area contributed by atoms with Crippen molar-refractivity contribution in [2.45, 2.75) is 38.6 Å². The molecule has 6 nitrogen and oxygen atoms in total. The van der Waals surface area contributed by atoms with Crippen molar-refractivity contribution in [3.05, 3.63) is 18.1 Å². The zero-order chi connectivity index (χ0) is 15.6. The van der Waals surface area contributed by atoms with Gasteiger partial charge < -0.3 is 4.90 Å². The molecule has 1 aliphatic heterocycles. The summed E-state index contributed by atoms with van der Waals surface area (Å²) in [6.07, 6.45) is 4.71. The fraction of sp³-hybridized carbons (Fsp3) is 0.714. The lowest BCUT2D eigenvalue weighted by molar-refractivity contribution is 0.316. The van der Waals surface area contributed by atoms with Crippen LogP contribution in [0.3, 0.4) is 0 Å². The molecule has 1 fully saturated rings. The molecule has 0 saturated carbocycles. The molecule has 2 heterocycles. The lowest BCUT2D eigenvalue weighted by atomic mass is 10.1. The van der Waals surface area contributed by atoms with Crippen molar-refractivity contribution in [1.29, 1.82) is 0 Å². The van der Waals surface area contributed by atoms with Gasteiger partial charge in [0.1, 0.15) is 11.6 Å². The van der Waals surface area contributed by atoms with Crippen molar-refractivity contribution in [3.8, 4) is 0 Å². The summed E-state index contributed by atoms with van der Waals surface area (Å²) in [7, 11) is -1.05. The third kappa shape index (κ3) is 3.91. The Morgan fingerprint density at radius 3 is 2.48 bits per heavy atom. The van der Waals surface area contributed by atoms with Gasteiger partial charge in [0.05, 0.1) is 6.26 Å². The summed E-state index contributed by atoms with van der Waals surface area (Å²) in [5, 5.41) is 0. The van der Waals surface area contributed by atoms with E-state index < -0.39 is 10.0 Å². The fourth-order valence-electron chi connectivity index (χ4n) is 2.59. The minimum Gasteiger partial charge on any atom is -0.356 e. The molecule has 1 saturated heterocycles. The monoisotopic (exact) mass is 312 g/mol. The summed E-state index contributed by atoms with van der Waals surface area (Å²) in [6, 6.07) is 2.23. The molecule has 0 amide bonds. The van der Waals surface area contributed by atoms with Crippen LogP contribution in [0.1, 0.15) is 38.4 Å². The van der Waals surface area contributed by atoms with Crippen LogP contribution < -0.4 is 4.90 Å². The van der Waals surface area contributed by atoms with E-state index in [0.717, 1.165) is 24.5 Å². The largest absolute Gasteiger partial charge is 0.356 e. The van der Waals surface area contributed by atoms with Crippen LogP contribution in [0.4, 0.5) is 5.82 Å². The van der Waals surface area contributed by atoms with Gasteiger partial charge in [-0.2, -0.15) is 0 Å². The van der Waals surface area contributed by atoms with Crippen molar-refractivity contribution >= 4 is 15.8 Å². The molecule has 0 unspecified atom stereocenters. The molecule has 0 radical (unpaired) electrons. The number of anilines is 1. The average molecular weight is 312 g/mol. The second-order valence-electron chi connectivity index (χ2n) is 5.93. The molecule has 21 heavy (non-hydrogen) atoms. The SMILES string of the molecule is CC(C)c1nccc(N(C)C2CCN(S(C)(=O)=O)CC2)n1. The van der Waals surface area contributed by atoms with Crippen LogP contribution in [0.5, 0.6) is 0 Å². The number of hydrogen-bond donors (Lipinski definition) is 0. The summed E-state index contributed by atoms with van der Waals surface area (Å²) in [5.74, 6) is 2.05. The number of rotatable bonds is 4. The summed E-state index contributed by atoms with van der Waals surface area (Å²) >= 11 is 0. The van der Waals surface area contributed by atoms with Gasteiger partial charge in [-0.15, -0.1) is 0 Å². The zero-order valence-electron chi connectivity index (χ0n) is 13.2. The van der Waals surface area contributed by atoms with Crippen LogP contribution in [-0.4, -0.2) is 55.1 Å². The molecule has 0 aliphatic carbocycles. The Hall–Kier alpha value is -1.21. The maximum absolute atomic E-state index is 11.5. The van der Waals surface area contributed by atoms with Crippen LogP contribution in [0.15, 0.2) is 12.3 Å². The van der Waals surface area contributed by atoms with E-state index in [4.69, 9.17) is 0 Å². The predicted octanol–water partition coefficient (Wildman–Crippen LogP) is 1.46. The fourth-order valence-corrected chi connectivity index (χ4v) is 3.46. The number of nitrogens with zero attached hydrogens (tertiary/aromatic N) is 4. The number of aromatic nitrogens is 2. The lowest BCUT2D eigenvalue weighted by Crippen LogP contribution is -2.45. The topological polar surface area (TPSA) is 66.4 Å². The molecule has 1 aliphatic rings. The highest BCUT2D eigenvalue weighted by Crippen LogP contribution is 2.22. The van der Waals surface area contributed by atoms with Crippen LogP contribution in [0.2, 0.25) is 0 Å². The minimum absolute atomic E-state index is 0.297. The molecule has 7 heteroatoms. The minimum atomic E-state index is -3.07. The van der Waals surface area contributed by atoms with Crippen molar-refractivity contribution in [3.63, 3.8) is 0 Å². The Morgan fingerprint density at radius 2 is 1.95 bits per heavy atom. The second-order valence-corrected chi connectivity index (χ2v) is 7.91. The Labute approximate surface area is 127 Å². The van der Waals surface area contributed by atoms with Gasteiger partial charge in [0.25, 0.3) is 0 Å². The van der Waals surface area contributed by atoms with E-state index in [-0.39, 0.29) is 0 Å². The zero-order valence-corrected chi connectivity index (χ0v) is 14.0. The molecule has 118 valence electrons. The van der Waals surface area contributed by atoms with Crippen molar-refractivity contribution in [1.82, 2.24) is 14.3 Å². The van der Waals surface area contributed by atoms with Gasteiger partial charge in [0.2, 0.25) is 10.0 Å². The quantitative estimate of drug-likeness (QED) is 0.842. The molecule has 0 atom stereocenters. The van der Waals surface area contributed by atoms with E-state index in [0.29, 0.717) is 25.0 Å². The summed E-state index contributed by atoms with van der Waals surface area (Å²) in [5.41, 5.74) is 0. The van der Waals surface area contributed by atoms with Crippen LogP contribution >= 0.6 is 0 Å².